The molecule has 1 amide bonds. The maximum Gasteiger partial charge on any atom is 0.255 e. The first-order valence-corrected chi connectivity index (χ1v) is 9.16. The largest absolute Gasteiger partial charge is 0.335 e. The Labute approximate surface area is 139 Å². The lowest BCUT2D eigenvalue weighted by molar-refractivity contribution is 0.0701. The van der Waals surface area contributed by atoms with Gasteiger partial charge in [0.05, 0.1) is 5.56 Å². The highest BCUT2D eigenvalue weighted by Gasteiger charge is 2.26. The third-order valence-electron chi connectivity index (χ3n) is 3.47. The van der Waals surface area contributed by atoms with E-state index in [4.69, 9.17) is 0 Å². The van der Waals surface area contributed by atoms with Gasteiger partial charge in [-0.25, -0.2) is 0 Å². The molecule has 1 aromatic carbocycles. The molecular weight excluding hydrogens is 438 g/mol. The molecule has 1 heterocycles. The van der Waals surface area contributed by atoms with Crippen molar-refractivity contribution < 1.29 is 4.79 Å². The summed E-state index contributed by atoms with van der Waals surface area (Å²) in [5, 5.41) is 0.852. The molecule has 0 bridgehead atoms. The van der Waals surface area contributed by atoms with Crippen molar-refractivity contribution in [3.05, 3.63) is 32.7 Å². The first kappa shape index (κ1) is 15.5. The van der Waals surface area contributed by atoms with Crippen molar-refractivity contribution in [3.63, 3.8) is 0 Å². The van der Waals surface area contributed by atoms with Crippen LogP contribution in [0.3, 0.4) is 0 Å². The topological polar surface area (TPSA) is 20.3 Å². The number of alkyl halides is 1. The SMILES string of the molecule is O=C(c1cc(Br)ccc1Br)N1CCCCCC1CBr. The summed E-state index contributed by atoms with van der Waals surface area (Å²) in [7, 11) is 0. The van der Waals surface area contributed by atoms with E-state index in [1.807, 2.05) is 23.1 Å². The first-order chi connectivity index (χ1) is 9.13. The maximum absolute atomic E-state index is 12.7. The molecule has 0 aliphatic carbocycles. The number of hydrogen-bond donors (Lipinski definition) is 0. The first-order valence-electron chi connectivity index (χ1n) is 6.45. The summed E-state index contributed by atoms with van der Waals surface area (Å²) in [5.74, 6) is 0.125. The zero-order valence-electron chi connectivity index (χ0n) is 10.5. The molecule has 0 radical (unpaired) electrons. The van der Waals surface area contributed by atoms with Crippen molar-refractivity contribution in [2.24, 2.45) is 0 Å². The van der Waals surface area contributed by atoms with Gasteiger partial charge in [-0.3, -0.25) is 4.79 Å². The van der Waals surface area contributed by atoms with Crippen LogP contribution in [0, 0.1) is 0 Å². The molecule has 1 aliphatic rings. The van der Waals surface area contributed by atoms with Crippen LogP contribution in [0.15, 0.2) is 27.1 Å². The Hall–Kier alpha value is 0.130. The van der Waals surface area contributed by atoms with Gasteiger partial charge in [0.15, 0.2) is 0 Å². The number of halogens is 3. The maximum atomic E-state index is 12.7. The molecule has 0 saturated carbocycles. The molecule has 1 aromatic rings. The van der Waals surface area contributed by atoms with Crippen LogP contribution in [-0.2, 0) is 0 Å². The van der Waals surface area contributed by atoms with Gasteiger partial charge in [-0.1, -0.05) is 44.7 Å². The van der Waals surface area contributed by atoms with Crippen LogP contribution < -0.4 is 0 Å². The minimum atomic E-state index is 0.125. The average Bonchev–Trinajstić information content (AvgIpc) is 2.65. The Morgan fingerprint density at radius 2 is 2.05 bits per heavy atom. The number of rotatable bonds is 2. The molecule has 2 nitrogen and oxygen atoms in total. The minimum Gasteiger partial charge on any atom is -0.335 e. The second kappa shape index (κ2) is 7.23. The van der Waals surface area contributed by atoms with Crippen LogP contribution in [-0.4, -0.2) is 28.7 Å². The lowest BCUT2D eigenvalue weighted by Crippen LogP contribution is -2.41. The summed E-state index contributed by atoms with van der Waals surface area (Å²) in [6.07, 6.45) is 4.61. The van der Waals surface area contributed by atoms with Gasteiger partial charge < -0.3 is 4.90 Å². The van der Waals surface area contributed by atoms with Crippen LogP contribution in [0.5, 0.6) is 0 Å². The molecule has 2 rings (SSSR count). The highest BCUT2D eigenvalue weighted by atomic mass is 79.9. The molecule has 1 aliphatic heterocycles. The molecule has 1 fully saturated rings. The Kier molecular flexibility index (Phi) is 5.90. The molecule has 0 N–H and O–H groups in total. The van der Waals surface area contributed by atoms with Gasteiger partial charge in [-0.2, -0.15) is 0 Å². The fourth-order valence-electron chi connectivity index (χ4n) is 2.42. The van der Waals surface area contributed by atoms with E-state index in [0.29, 0.717) is 6.04 Å². The van der Waals surface area contributed by atoms with Gasteiger partial charge in [0.25, 0.3) is 5.91 Å². The summed E-state index contributed by atoms with van der Waals surface area (Å²) < 4.78 is 1.79. The predicted molar refractivity (Wildman–Crippen MR) is 88.9 cm³/mol. The molecule has 1 unspecified atom stereocenters. The van der Waals surface area contributed by atoms with Crippen LogP contribution in [0.2, 0.25) is 0 Å². The Morgan fingerprint density at radius 1 is 1.26 bits per heavy atom. The van der Waals surface area contributed by atoms with Crippen molar-refractivity contribution in [1.82, 2.24) is 4.90 Å². The highest BCUT2D eigenvalue weighted by molar-refractivity contribution is 9.11. The fourth-order valence-corrected chi connectivity index (χ4v) is 3.87. The number of amides is 1. The van der Waals surface area contributed by atoms with Crippen LogP contribution in [0.25, 0.3) is 0 Å². The number of benzene rings is 1. The van der Waals surface area contributed by atoms with Crippen molar-refractivity contribution in [1.29, 1.82) is 0 Å². The quantitative estimate of drug-likeness (QED) is 0.577. The van der Waals surface area contributed by atoms with Crippen LogP contribution in [0.1, 0.15) is 36.0 Å². The Bertz CT molecular complexity index is 464. The lowest BCUT2D eigenvalue weighted by Gasteiger charge is -2.29. The van der Waals surface area contributed by atoms with Gasteiger partial charge in [0.1, 0.15) is 0 Å². The number of carbonyl (C=O) groups is 1. The second-order valence-electron chi connectivity index (χ2n) is 4.78. The molecule has 1 atom stereocenters. The summed E-state index contributed by atoms with van der Waals surface area (Å²) in [6, 6.07) is 6.05. The van der Waals surface area contributed by atoms with E-state index in [1.165, 1.54) is 12.8 Å². The van der Waals surface area contributed by atoms with E-state index in [-0.39, 0.29) is 5.91 Å². The lowest BCUT2D eigenvalue weighted by atomic mass is 10.1. The van der Waals surface area contributed by atoms with Gasteiger partial charge in [0, 0.05) is 26.9 Å². The van der Waals surface area contributed by atoms with Gasteiger partial charge in [0.2, 0.25) is 0 Å². The molecule has 19 heavy (non-hydrogen) atoms. The summed E-state index contributed by atoms with van der Waals surface area (Å²) in [4.78, 5) is 14.8. The molecule has 1 saturated heterocycles. The van der Waals surface area contributed by atoms with E-state index in [1.54, 1.807) is 0 Å². The Morgan fingerprint density at radius 3 is 2.79 bits per heavy atom. The summed E-state index contributed by atoms with van der Waals surface area (Å²) >= 11 is 10.5. The van der Waals surface area contributed by atoms with Gasteiger partial charge in [-0.05, 0) is 47.0 Å². The second-order valence-corrected chi connectivity index (χ2v) is 7.20. The molecule has 5 heteroatoms. The van der Waals surface area contributed by atoms with Crippen molar-refractivity contribution in [2.45, 2.75) is 31.7 Å². The highest BCUT2D eigenvalue weighted by Crippen LogP contribution is 2.26. The van der Waals surface area contributed by atoms with E-state index in [0.717, 1.165) is 39.2 Å². The molecule has 104 valence electrons. The van der Waals surface area contributed by atoms with Crippen molar-refractivity contribution in [2.75, 3.05) is 11.9 Å². The van der Waals surface area contributed by atoms with Crippen molar-refractivity contribution in [3.8, 4) is 0 Å². The third kappa shape index (κ3) is 3.82. The zero-order chi connectivity index (χ0) is 13.8. The number of carbonyl (C=O) groups excluding carboxylic acids is 1. The third-order valence-corrected chi connectivity index (χ3v) is 5.41. The van der Waals surface area contributed by atoms with Gasteiger partial charge in [-0.15, -0.1) is 0 Å². The van der Waals surface area contributed by atoms with Crippen LogP contribution >= 0.6 is 47.8 Å². The molecule has 0 spiro atoms. The normalized spacial score (nSPS) is 20.2. The zero-order valence-corrected chi connectivity index (χ0v) is 15.3. The van der Waals surface area contributed by atoms with Crippen LogP contribution in [0.4, 0.5) is 0 Å². The van der Waals surface area contributed by atoms with E-state index >= 15 is 0 Å². The van der Waals surface area contributed by atoms with E-state index < -0.39 is 0 Å². The predicted octanol–water partition coefficient (Wildman–Crippen LogP) is 4.99. The smallest absolute Gasteiger partial charge is 0.255 e. The Balaban J connectivity index is 2.27. The monoisotopic (exact) mass is 451 g/mol. The van der Waals surface area contributed by atoms with Gasteiger partial charge >= 0.3 is 0 Å². The number of hydrogen-bond acceptors (Lipinski definition) is 1. The van der Waals surface area contributed by atoms with E-state index in [2.05, 4.69) is 47.8 Å². The number of nitrogens with zero attached hydrogens (tertiary/aromatic N) is 1. The standard InChI is InChI=1S/C14H16Br3NO/c15-9-11-4-2-1-3-7-18(11)14(19)12-8-10(16)5-6-13(12)17/h5-6,8,11H,1-4,7,9H2. The average molecular weight is 454 g/mol. The van der Waals surface area contributed by atoms with E-state index in [9.17, 15) is 4.79 Å². The number of likely N-dealkylation sites (tertiary alicyclic amines) is 1. The molecular formula is C14H16Br3NO. The van der Waals surface area contributed by atoms with Crippen molar-refractivity contribution >= 4 is 53.7 Å². The summed E-state index contributed by atoms with van der Waals surface area (Å²) in [6.45, 7) is 0.855. The summed E-state index contributed by atoms with van der Waals surface area (Å²) in [5.41, 5.74) is 0.738. The fraction of sp³-hybridized carbons (Fsp3) is 0.500. The molecule has 0 aromatic heterocycles. The minimum absolute atomic E-state index is 0.125.